The molecule has 34 heavy (non-hydrogen) atoms. The first kappa shape index (κ1) is 23.5. The molecule has 0 aromatic heterocycles. The second kappa shape index (κ2) is 10.1. The van der Waals surface area contributed by atoms with Crippen LogP contribution in [0.1, 0.15) is 70.4 Å². The number of rotatable bonds is 8. The van der Waals surface area contributed by atoms with E-state index >= 15 is 0 Å². The van der Waals surface area contributed by atoms with Crippen molar-refractivity contribution in [1.29, 1.82) is 0 Å². The molecular formula is C28H28O6. The summed E-state index contributed by atoms with van der Waals surface area (Å²) in [6.07, 6.45) is 8.27. The summed E-state index contributed by atoms with van der Waals surface area (Å²) in [5.41, 5.74) is 2.85. The molecule has 0 atom stereocenters. The predicted octanol–water partition coefficient (Wildman–Crippen LogP) is 5.17. The Kier molecular flexibility index (Phi) is 6.96. The minimum Gasteiger partial charge on any atom is -0.507 e. The Morgan fingerprint density at radius 3 is 2.41 bits per heavy atom. The molecule has 1 fully saturated rings. The number of Topliss-reactive ketones (excluding diaryl/α,β-unsaturated/α-hetero) is 3. The second-order valence-electron chi connectivity index (χ2n) is 8.94. The van der Waals surface area contributed by atoms with Crippen LogP contribution in [-0.4, -0.2) is 34.7 Å². The molecular weight excluding hydrogens is 432 g/mol. The Bertz CT molecular complexity index is 1180. The van der Waals surface area contributed by atoms with Crippen molar-refractivity contribution >= 4 is 23.4 Å². The standard InChI is InChI=1S/C28H28O6/c1-34-16-22(15-25(31)26-23(29)8-5-9-24(26)30)28(33)21-12-18-10-11-19(13-20(18)14-21)27(32)17-6-3-2-4-7-17/h5,8-11,13-14,16-17,29-30H,2-4,6-7,12,15H2,1H3/b22-16-. The van der Waals surface area contributed by atoms with Crippen LogP contribution in [0.5, 0.6) is 11.5 Å². The first-order valence-electron chi connectivity index (χ1n) is 11.6. The van der Waals surface area contributed by atoms with E-state index in [0.29, 0.717) is 17.6 Å². The van der Waals surface area contributed by atoms with Crippen molar-refractivity contribution in [3.8, 4) is 11.5 Å². The van der Waals surface area contributed by atoms with Gasteiger partial charge in [-0.25, -0.2) is 0 Å². The first-order chi connectivity index (χ1) is 16.4. The topological polar surface area (TPSA) is 101 Å². The molecule has 0 spiro atoms. The average Bonchev–Trinajstić information content (AvgIpc) is 3.27. The fourth-order valence-electron chi connectivity index (χ4n) is 4.83. The summed E-state index contributed by atoms with van der Waals surface area (Å²) in [6.45, 7) is 0. The average molecular weight is 461 g/mol. The van der Waals surface area contributed by atoms with Crippen LogP contribution in [0.3, 0.4) is 0 Å². The number of carbonyl (C=O) groups excluding carboxylic acids is 3. The summed E-state index contributed by atoms with van der Waals surface area (Å²) in [4.78, 5) is 38.9. The fourth-order valence-corrected chi connectivity index (χ4v) is 4.83. The van der Waals surface area contributed by atoms with Gasteiger partial charge < -0.3 is 14.9 Å². The number of ketones is 3. The number of benzene rings is 2. The van der Waals surface area contributed by atoms with Gasteiger partial charge in [0.15, 0.2) is 17.3 Å². The summed E-state index contributed by atoms with van der Waals surface area (Å²) in [6, 6.07) is 9.62. The molecule has 0 heterocycles. The van der Waals surface area contributed by atoms with Gasteiger partial charge in [0.1, 0.15) is 17.1 Å². The minimum absolute atomic E-state index is 0.0753. The van der Waals surface area contributed by atoms with Gasteiger partial charge in [0, 0.05) is 35.5 Å². The number of allylic oxidation sites excluding steroid dienone is 2. The summed E-state index contributed by atoms with van der Waals surface area (Å²) >= 11 is 0. The van der Waals surface area contributed by atoms with E-state index in [1.165, 1.54) is 38.0 Å². The zero-order valence-electron chi connectivity index (χ0n) is 19.2. The van der Waals surface area contributed by atoms with Gasteiger partial charge >= 0.3 is 0 Å². The molecule has 6 heteroatoms. The molecule has 0 aliphatic heterocycles. The number of aromatic hydroxyl groups is 2. The van der Waals surface area contributed by atoms with Crippen molar-refractivity contribution in [3.05, 3.63) is 76.1 Å². The summed E-state index contributed by atoms with van der Waals surface area (Å²) < 4.78 is 5.04. The van der Waals surface area contributed by atoms with E-state index < -0.39 is 5.78 Å². The van der Waals surface area contributed by atoms with Crippen molar-refractivity contribution in [3.63, 3.8) is 0 Å². The van der Waals surface area contributed by atoms with Crippen molar-refractivity contribution in [2.24, 2.45) is 5.92 Å². The number of fused-ring (bicyclic) bond motifs is 1. The number of phenolic OH excluding ortho intramolecular Hbond substituents is 2. The smallest absolute Gasteiger partial charge is 0.188 e. The van der Waals surface area contributed by atoms with Crippen LogP contribution in [0.15, 0.2) is 53.8 Å². The number of carbonyl (C=O) groups is 3. The van der Waals surface area contributed by atoms with Gasteiger partial charge in [-0.2, -0.15) is 0 Å². The van der Waals surface area contributed by atoms with Crippen LogP contribution in [-0.2, 0) is 16.0 Å². The van der Waals surface area contributed by atoms with Gasteiger partial charge in [-0.3, -0.25) is 14.4 Å². The predicted molar refractivity (Wildman–Crippen MR) is 128 cm³/mol. The third-order valence-corrected chi connectivity index (χ3v) is 6.61. The van der Waals surface area contributed by atoms with Gasteiger partial charge in [0.2, 0.25) is 0 Å². The zero-order valence-corrected chi connectivity index (χ0v) is 19.2. The van der Waals surface area contributed by atoms with Crippen LogP contribution in [0.4, 0.5) is 0 Å². The molecule has 0 unspecified atom stereocenters. The molecule has 0 saturated heterocycles. The van der Waals surface area contributed by atoms with Crippen molar-refractivity contribution in [1.82, 2.24) is 0 Å². The molecule has 2 aliphatic carbocycles. The van der Waals surface area contributed by atoms with Gasteiger partial charge in [-0.05, 0) is 48.2 Å². The van der Waals surface area contributed by atoms with Crippen LogP contribution >= 0.6 is 0 Å². The Balaban J connectivity index is 1.53. The molecule has 6 nitrogen and oxygen atoms in total. The van der Waals surface area contributed by atoms with Gasteiger partial charge in [0.25, 0.3) is 0 Å². The number of ether oxygens (including phenoxy) is 1. The Morgan fingerprint density at radius 2 is 1.74 bits per heavy atom. The maximum Gasteiger partial charge on any atom is 0.188 e. The monoisotopic (exact) mass is 460 g/mol. The number of hydrogen-bond acceptors (Lipinski definition) is 6. The highest BCUT2D eigenvalue weighted by Crippen LogP contribution is 2.33. The molecule has 2 aromatic rings. The summed E-state index contributed by atoms with van der Waals surface area (Å²) in [7, 11) is 1.39. The van der Waals surface area contributed by atoms with E-state index in [1.54, 1.807) is 6.08 Å². The van der Waals surface area contributed by atoms with E-state index in [1.807, 2.05) is 18.2 Å². The molecule has 2 aliphatic rings. The number of methoxy groups -OCH3 is 1. The van der Waals surface area contributed by atoms with Crippen molar-refractivity contribution in [2.75, 3.05) is 7.11 Å². The van der Waals surface area contributed by atoms with E-state index in [2.05, 4.69) is 0 Å². The molecule has 176 valence electrons. The SMILES string of the molecule is CO/C=C(/CC(=O)c1c(O)cccc1O)C(=O)C1=Cc2cc(C(=O)C3CCCCC3)ccc2C1. The highest BCUT2D eigenvalue weighted by atomic mass is 16.5. The Hall–Kier alpha value is -3.67. The van der Waals surface area contributed by atoms with Crippen LogP contribution in [0.2, 0.25) is 0 Å². The number of phenols is 2. The first-order valence-corrected chi connectivity index (χ1v) is 11.6. The lowest BCUT2D eigenvalue weighted by atomic mass is 9.83. The van der Waals surface area contributed by atoms with E-state index in [0.717, 1.165) is 36.8 Å². The lowest BCUT2D eigenvalue weighted by Crippen LogP contribution is -2.17. The normalized spacial score (nSPS) is 16.0. The van der Waals surface area contributed by atoms with Crippen LogP contribution < -0.4 is 0 Å². The molecule has 2 aromatic carbocycles. The summed E-state index contributed by atoms with van der Waals surface area (Å²) in [5.74, 6) is -1.39. The van der Waals surface area contributed by atoms with Gasteiger partial charge in [-0.1, -0.05) is 37.5 Å². The van der Waals surface area contributed by atoms with Crippen LogP contribution in [0.25, 0.3) is 6.08 Å². The lowest BCUT2D eigenvalue weighted by Gasteiger charge is -2.20. The third kappa shape index (κ3) is 4.81. The highest BCUT2D eigenvalue weighted by molar-refractivity contribution is 6.16. The minimum atomic E-state index is -0.594. The van der Waals surface area contributed by atoms with E-state index in [4.69, 9.17) is 4.74 Å². The van der Waals surface area contributed by atoms with Crippen LogP contribution in [0, 0.1) is 5.92 Å². The molecule has 0 radical (unpaired) electrons. The maximum absolute atomic E-state index is 13.2. The molecule has 2 N–H and O–H groups in total. The Labute approximate surface area is 198 Å². The van der Waals surface area contributed by atoms with Gasteiger partial charge in [0.05, 0.1) is 13.4 Å². The van der Waals surface area contributed by atoms with Gasteiger partial charge in [-0.15, -0.1) is 0 Å². The Morgan fingerprint density at radius 1 is 1.03 bits per heavy atom. The maximum atomic E-state index is 13.2. The summed E-state index contributed by atoms with van der Waals surface area (Å²) in [5, 5.41) is 20.0. The van der Waals surface area contributed by atoms with E-state index in [-0.39, 0.29) is 46.5 Å². The largest absolute Gasteiger partial charge is 0.507 e. The van der Waals surface area contributed by atoms with Crippen molar-refractivity contribution in [2.45, 2.75) is 44.9 Å². The molecule has 1 saturated carbocycles. The number of hydrogen-bond donors (Lipinski definition) is 2. The molecule has 4 rings (SSSR count). The fraction of sp³-hybridized carbons (Fsp3) is 0.321. The zero-order chi connectivity index (χ0) is 24.2. The third-order valence-electron chi connectivity index (χ3n) is 6.61. The highest BCUT2D eigenvalue weighted by Gasteiger charge is 2.27. The van der Waals surface area contributed by atoms with Crippen molar-refractivity contribution < 1.29 is 29.3 Å². The lowest BCUT2D eigenvalue weighted by molar-refractivity contribution is -0.112. The second-order valence-corrected chi connectivity index (χ2v) is 8.94. The molecule has 0 amide bonds. The van der Waals surface area contributed by atoms with E-state index in [9.17, 15) is 24.6 Å². The molecule has 0 bridgehead atoms. The quantitative estimate of drug-likeness (QED) is 0.320.